The number of allylic oxidation sites excluding steroid dienone is 2. The molecule has 4 aromatic rings. The lowest BCUT2D eigenvalue weighted by Crippen LogP contribution is -1.82. The lowest BCUT2D eigenvalue weighted by Gasteiger charge is -1.98. The highest BCUT2D eigenvalue weighted by molar-refractivity contribution is 5.80. The molecule has 4 rings (SSSR count). The van der Waals surface area contributed by atoms with Crippen LogP contribution in [-0.2, 0) is 0 Å². The number of hydrogen-bond acceptors (Lipinski definition) is 2. The zero-order chi connectivity index (χ0) is 16.2. The number of para-hydroxylation sites is 2. The molecule has 24 heavy (non-hydrogen) atoms. The summed E-state index contributed by atoms with van der Waals surface area (Å²) in [5.74, 6) is 0. The maximum atomic E-state index is 4.62. The lowest BCUT2D eigenvalue weighted by atomic mass is 10.2. The van der Waals surface area contributed by atoms with Crippen LogP contribution in [0.4, 0.5) is 0 Å². The summed E-state index contributed by atoms with van der Waals surface area (Å²) >= 11 is 0. The van der Waals surface area contributed by atoms with Gasteiger partial charge in [-0.2, -0.15) is 0 Å². The Kier molecular flexibility index (Phi) is 3.86. The van der Waals surface area contributed by atoms with Crippen LogP contribution in [0.3, 0.4) is 0 Å². The van der Waals surface area contributed by atoms with Gasteiger partial charge in [-0.05, 0) is 36.4 Å². The molecule has 0 fully saturated rings. The van der Waals surface area contributed by atoms with Crippen LogP contribution in [0.15, 0.2) is 84.9 Å². The number of fused-ring (bicyclic) bond motifs is 2. The molecule has 2 aromatic carbocycles. The molecule has 2 aromatic heterocycles. The third kappa shape index (κ3) is 3.08. The highest BCUT2D eigenvalue weighted by Gasteiger charge is 1.95. The molecule has 0 spiro atoms. The summed E-state index contributed by atoms with van der Waals surface area (Å²) in [6.07, 6.45) is 8.00. The highest BCUT2D eigenvalue weighted by atomic mass is 14.7. The van der Waals surface area contributed by atoms with Gasteiger partial charge in [0, 0.05) is 10.8 Å². The Labute approximate surface area is 140 Å². The molecule has 0 aliphatic rings. The minimum absolute atomic E-state index is 0.949. The Morgan fingerprint density at radius 2 is 0.958 bits per heavy atom. The van der Waals surface area contributed by atoms with E-state index >= 15 is 0 Å². The maximum Gasteiger partial charge on any atom is 0.0709 e. The first-order chi connectivity index (χ1) is 11.9. The van der Waals surface area contributed by atoms with Crippen molar-refractivity contribution in [3.63, 3.8) is 0 Å². The summed E-state index contributed by atoms with van der Waals surface area (Å²) in [4.78, 5) is 9.25. The molecule has 0 atom stereocenters. The molecule has 114 valence electrons. The lowest BCUT2D eigenvalue weighted by molar-refractivity contribution is 1.37. The van der Waals surface area contributed by atoms with E-state index in [4.69, 9.17) is 0 Å². The molecule has 0 unspecified atom stereocenters. The van der Waals surface area contributed by atoms with Gasteiger partial charge in [0.25, 0.3) is 0 Å². The summed E-state index contributed by atoms with van der Waals surface area (Å²) in [6.45, 7) is 0. The molecular formula is C22H16N2. The van der Waals surface area contributed by atoms with Gasteiger partial charge in [0.05, 0.1) is 22.4 Å². The average molecular weight is 308 g/mol. The number of nitrogens with zero attached hydrogens (tertiary/aromatic N) is 2. The van der Waals surface area contributed by atoms with Crippen molar-refractivity contribution in [2.45, 2.75) is 0 Å². The molecule has 0 amide bonds. The Morgan fingerprint density at radius 3 is 1.46 bits per heavy atom. The molecule has 0 bridgehead atoms. The third-order valence-electron chi connectivity index (χ3n) is 3.88. The number of aromatic nitrogens is 2. The van der Waals surface area contributed by atoms with Gasteiger partial charge >= 0.3 is 0 Å². The van der Waals surface area contributed by atoms with Crippen molar-refractivity contribution in [2.75, 3.05) is 0 Å². The second-order valence-corrected chi connectivity index (χ2v) is 5.58. The van der Waals surface area contributed by atoms with Crippen molar-refractivity contribution in [3.05, 3.63) is 96.3 Å². The fourth-order valence-corrected chi connectivity index (χ4v) is 2.66. The van der Waals surface area contributed by atoms with Crippen LogP contribution >= 0.6 is 0 Å². The predicted molar refractivity (Wildman–Crippen MR) is 102 cm³/mol. The van der Waals surface area contributed by atoms with E-state index in [0.29, 0.717) is 0 Å². The second-order valence-electron chi connectivity index (χ2n) is 5.58. The minimum Gasteiger partial charge on any atom is -0.248 e. The van der Waals surface area contributed by atoms with E-state index in [2.05, 4.69) is 34.2 Å². The third-order valence-corrected chi connectivity index (χ3v) is 3.88. The first kappa shape index (κ1) is 14.3. The second kappa shape index (κ2) is 6.47. The van der Waals surface area contributed by atoms with Crippen molar-refractivity contribution in [1.82, 2.24) is 9.97 Å². The Bertz CT molecular complexity index is 974. The largest absolute Gasteiger partial charge is 0.248 e. The molecule has 0 N–H and O–H groups in total. The standard InChI is InChI=1S/C22H16N2/c1-5-11-21-17(7-1)13-15-19(23-21)9-3-4-10-20-16-14-18-8-2-6-12-22(18)24-20/h1-16H/b9-3+,10-4+. The summed E-state index contributed by atoms with van der Waals surface area (Å²) in [5, 5.41) is 2.32. The van der Waals surface area contributed by atoms with Crippen LogP contribution in [0.25, 0.3) is 34.0 Å². The monoisotopic (exact) mass is 308 g/mol. The van der Waals surface area contributed by atoms with Crippen molar-refractivity contribution in [1.29, 1.82) is 0 Å². The van der Waals surface area contributed by atoms with Crippen molar-refractivity contribution in [2.24, 2.45) is 0 Å². The van der Waals surface area contributed by atoms with Crippen LogP contribution < -0.4 is 0 Å². The first-order valence-corrected chi connectivity index (χ1v) is 7.95. The van der Waals surface area contributed by atoms with Gasteiger partial charge in [0.2, 0.25) is 0 Å². The number of rotatable bonds is 3. The van der Waals surface area contributed by atoms with Crippen LogP contribution in [0.1, 0.15) is 11.4 Å². The number of pyridine rings is 2. The van der Waals surface area contributed by atoms with Crippen molar-refractivity contribution in [3.8, 4) is 0 Å². The van der Waals surface area contributed by atoms with E-state index in [1.54, 1.807) is 0 Å². The molecule has 0 saturated carbocycles. The fraction of sp³-hybridized carbons (Fsp3) is 0. The van der Waals surface area contributed by atoms with Gasteiger partial charge < -0.3 is 0 Å². The van der Waals surface area contributed by atoms with Gasteiger partial charge in [0.1, 0.15) is 0 Å². The van der Waals surface area contributed by atoms with Crippen LogP contribution in [-0.4, -0.2) is 9.97 Å². The van der Waals surface area contributed by atoms with Gasteiger partial charge in [-0.15, -0.1) is 0 Å². The SMILES string of the molecule is C(/C=C/c1ccc2ccccc2n1)=C\c1ccc2ccccc2n1. The van der Waals surface area contributed by atoms with Gasteiger partial charge in [-0.1, -0.05) is 60.7 Å². The topological polar surface area (TPSA) is 25.8 Å². The molecule has 0 radical (unpaired) electrons. The average Bonchev–Trinajstić information content (AvgIpc) is 2.65. The first-order valence-electron chi connectivity index (χ1n) is 7.95. The van der Waals surface area contributed by atoms with Gasteiger partial charge in [-0.3, -0.25) is 0 Å². The quantitative estimate of drug-likeness (QED) is 0.466. The normalized spacial score (nSPS) is 11.8. The van der Waals surface area contributed by atoms with E-state index in [0.717, 1.165) is 33.2 Å². The molecule has 0 aliphatic heterocycles. The fourth-order valence-electron chi connectivity index (χ4n) is 2.66. The minimum atomic E-state index is 0.949. The van der Waals surface area contributed by atoms with E-state index in [1.165, 1.54) is 0 Å². The smallest absolute Gasteiger partial charge is 0.0709 e. The zero-order valence-corrected chi connectivity index (χ0v) is 13.1. The summed E-state index contributed by atoms with van der Waals surface area (Å²) < 4.78 is 0. The van der Waals surface area contributed by atoms with E-state index in [1.807, 2.05) is 72.8 Å². The Morgan fingerprint density at radius 1 is 0.500 bits per heavy atom. The van der Waals surface area contributed by atoms with E-state index < -0.39 is 0 Å². The van der Waals surface area contributed by atoms with Gasteiger partial charge in [-0.25, -0.2) is 9.97 Å². The summed E-state index contributed by atoms with van der Waals surface area (Å²) in [7, 11) is 0. The molecule has 2 heterocycles. The van der Waals surface area contributed by atoms with Crippen LogP contribution in [0, 0.1) is 0 Å². The van der Waals surface area contributed by atoms with Crippen molar-refractivity contribution >= 4 is 34.0 Å². The number of hydrogen-bond donors (Lipinski definition) is 0. The predicted octanol–water partition coefficient (Wildman–Crippen LogP) is 5.51. The molecule has 2 nitrogen and oxygen atoms in total. The molecule has 2 heteroatoms. The number of benzene rings is 2. The molecule has 0 saturated heterocycles. The maximum absolute atomic E-state index is 4.62. The van der Waals surface area contributed by atoms with Gasteiger partial charge in [0.15, 0.2) is 0 Å². The van der Waals surface area contributed by atoms with Crippen LogP contribution in [0.2, 0.25) is 0 Å². The Balaban J connectivity index is 1.53. The van der Waals surface area contributed by atoms with E-state index in [-0.39, 0.29) is 0 Å². The molecular weight excluding hydrogens is 292 g/mol. The summed E-state index contributed by atoms with van der Waals surface area (Å²) in [5.41, 5.74) is 3.93. The molecule has 0 aliphatic carbocycles. The van der Waals surface area contributed by atoms with Crippen LogP contribution in [0.5, 0.6) is 0 Å². The van der Waals surface area contributed by atoms with E-state index in [9.17, 15) is 0 Å². The highest BCUT2D eigenvalue weighted by Crippen LogP contribution is 2.14. The Hall–Kier alpha value is -3.26. The summed E-state index contributed by atoms with van der Waals surface area (Å²) in [6, 6.07) is 24.5. The zero-order valence-electron chi connectivity index (χ0n) is 13.1. The van der Waals surface area contributed by atoms with Crippen molar-refractivity contribution < 1.29 is 0 Å².